The first-order chi connectivity index (χ1) is 13.5. The van der Waals surface area contributed by atoms with Crippen LogP contribution in [-0.2, 0) is 0 Å². The second-order valence-electron chi connectivity index (χ2n) is 6.99. The first-order valence-corrected chi connectivity index (χ1v) is 10.4. The molecule has 28 heavy (non-hydrogen) atoms. The minimum absolute atomic E-state index is 0.0279. The molecule has 2 aromatic heterocycles. The van der Waals surface area contributed by atoms with Crippen molar-refractivity contribution in [1.29, 1.82) is 0 Å². The van der Waals surface area contributed by atoms with Crippen molar-refractivity contribution in [1.82, 2.24) is 4.98 Å². The summed E-state index contributed by atoms with van der Waals surface area (Å²) in [7, 11) is 0. The lowest BCUT2D eigenvalue weighted by Gasteiger charge is -2.13. The van der Waals surface area contributed by atoms with Crippen LogP contribution in [0.2, 0.25) is 0 Å². The lowest BCUT2D eigenvalue weighted by atomic mass is 9.95. The van der Waals surface area contributed by atoms with E-state index in [4.69, 9.17) is 15.8 Å². The number of nitrogens with two attached hydrogens (primary N) is 1. The Hall–Kier alpha value is -2.50. The van der Waals surface area contributed by atoms with Gasteiger partial charge in [0.2, 0.25) is 0 Å². The van der Waals surface area contributed by atoms with E-state index in [2.05, 4.69) is 24.3 Å². The summed E-state index contributed by atoms with van der Waals surface area (Å²) in [5, 5.41) is 8.98. The predicted octanol–water partition coefficient (Wildman–Crippen LogP) is 5.13. The number of ketones is 1. The van der Waals surface area contributed by atoms with Gasteiger partial charge >= 0.3 is 0 Å². The maximum atomic E-state index is 12.1. The standard InChI is InChI=1S/C23H26N2O2S/c1-15-19(16(2)27)14-21(25-20(15)11-12-24)23-10-9-22(28-23)18-7-5-17(6-8-18)4-3-13-26/h5,7,9-12,14,26H,3-4,6,8,13,24H2,1-2H3/b12-11-. The quantitative estimate of drug-likeness (QED) is 0.639. The van der Waals surface area contributed by atoms with E-state index in [0.29, 0.717) is 5.56 Å². The number of nitrogens with zero attached hydrogens (tertiary/aromatic N) is 1. The molecule has 0 aromatic carbocycles. The van der Waals surface area contributed by atoms with E-state index in [-0.39, 0.29) is 12.4 Å². The first kappa shape index (κ1) is 20.2. The van der Waals surface area contributed by atoms with E-state index >= 15 is 0 Å². The van der Waals surface area contributed by atoms with Crippen molar-refractivity contribution in [2.75, 3.05) is 6.61 Å². The summed E-state index contributed by atoms with van der Waals surface area (Å²) in [5.74, 6) is 0.0279. The van der Waals surface area contributed by atoms with E-state index in [9.17, 15) is 4.79 Å². The zero-order chi connectivity index (χ0) is 20.1. The Morgan fingerprint density at radius 2 is 2.07 bits per heavy atom. The van der Waals surface area contributed by atoms with Crippen LogP contribution in [-0.4, -0.2) is 22.5 Å². The van der Waals surface area contributed by atoms with Crippen molar-refractivity contribution >= 4 is 28.8 Å². The molecular weight excluding hydrogens is 368 g/mol. The second kappa shape index (κ2) is 9.13. The van der Waals surface area contributed by atoms with Crippen LogP contribution in [0.15, 0.2) is 42.1 Å². The van der Waals surface area contributed by atoms with Crippen molar-refractivity contribution in [3.8, 4) is 10.6 Å². The minimum atomic E-state index is 0.0279. The fraction of sp³-hybridized carbons (Fsp3) is 0.304. The Morgan fingerprint density at radius 3 is 2.71 bits per heavy atom. The van der Waals surface area contributed by atoms with Gasteiger partial charge in [-0.3, -0.25) is 4.79 Å². The number of aliphatic hydroxyl groups is 1. The molecule has 0 saturated carbocycles. The normalized spacial score (nSPS) is 14.2. The molecule has 1 aliphatic carbocycles. The summed E-state index contributed by atoms with van der Waals surface area (Å²) in [6, 6.07) is 6.08. The molecule has 0 bridgehead atoms. The predicted molar refractivity (Wildman–Crippen MR) is 117 cm³/mol. The zero-order valence-corrected chi connectivity index (χ0v) is 17.2. The molecule has 0 fully saturated rings. The highest BCUT2D eigenvalue weighted by Crippen LogP contribution is 2.36. The summed E-state index contributed by atoms with van der Waals surface area (Å²) >= 11 is 1.70. The molecular formula is C23H26N2O2S. The second-order valence-corrected chi connectivity index (χ2v) is 8.07. The van der Waals surface area contributed by atoms with Crippen LogP contribution in [0.4, 0.5) is 0 Å². The summed E-state index contributed by atoms with van der Waals surface area (Å²) in [6.07, 6.45) is 11.4. The maximum absolute atomic E-state index is 12.1. The molecule has 3 N–H and O–H groups in total. The maximum Gasteiger partial charge on any atom is 0.160 e. The average molecular weight is 395 g/mol. The van der Waals surface area contributed by atoms with Crippen LogP contribution in [0.3, 0.4) is 0 Å². The minimum Gasteiger partial charge on any atom is -0.405 e. The first-order valence-electron chi connectivity index (χ1n) is 9.54. The highest BCUT2D eigenvalue weighted by atomic mass is 32.1. The van der Waals surface area contributed by atoms with E-state index in [1.165, 1.54) is 22.2 Å². The third kappa shape index (κ3) is 4.49. The molecule has 0 amide bonds. The molecule has 0 atom stereocenters. The molecule has 5 heteroatoms. The molecule has 146 valence electrons. The smallest absolute Gasteiger partial charge is 0.160 e. The number of aliphatic hydroxyl groups excluding tert-OH is 1. The molecule has 2 heterocycles. The molecule has 0 saturated heterocycles. The van der Waals surface area contributed by atoms with E-state index in [1.54, 1.807) is 24.3 Å². The topological polar surface area (TPSA) is 76.2 Å². The van der Waals surface area contributed by atoms with Gasteiger partial charge in [-0.2, -0.15) is 0 Å². The van der Waals surface area contributed by atoms with Crippen LogP contribution in [0.25, 0.3) is 22.2 Å². The monoisotopic (exact) mass is 394 g/mol. The number of rotatable bonds is 7. The van der Waals surface area contributed by atoms with Gasteiger partial charge in [0.05, 0.1) is 16.3 Å². The third-order valence-electron chi connectivity index (χ3n) is 5.01. The summed E-state index contributed by atoms with van der Waals surface area (Å²) in [4.78, 5) is 19.0. The van der Waals surface area contributed by atoms with Gasteiger partial charge in [0.1, 0.15) is 0 Å². The fourth-order valence-corrected chi connectivity index (χ4v) is 4.44. The van der Waals surface area contributed by atoms with Crippen LogP contribution in [0.5, 0.6) is 0 Å². The number of hydrogen-bond donors (Lipinski definition) is 2. The zero-order valence-electron chi connectivity index (χ0n) is 16.4. The van der Waals surface area contributed by atoms with Crippen LogP contribution >= 0.6 is 11.3 Å². The average Bonchev–Trinajstić information content (AvgIpc) is 3.18. The Bertz CT molecular complexity index is 967. The van der Waals surface area contributed by atoms with E-state index in [0.717, 1.165) is 47.5 Å². The lowest BCUT2D eigenvalue weighted by molar-refractivity contribution is 0.101. The van der Waals surface area contributed by atoms with Gasteiger partial charge in [-0.25, -0.2) is 4.98 Å². The van der Waals surface area contributed by atoms with Gasteiger partial charge in [-0.1, -0.05) is 17.7 Å². The highest BCUT2D eigenvalue weighted by Gasteiger charge is 2.15. The van der Waals surface area contributed by atoms with Crippen molar-refractivity contribution in [2.45, 2.75) is 39.5 Å². The van der Waals surface area contributed by atoms with Gasteiger partial charge in [0.15, 0.2) is 5.78 Å². The molecule has 0 aliphatic heterocycles. The number of carbonyl (C=O) groups is 1. The number of allylic oxidation sites excluding steroid dienone is 4. The SMILES string of the molecule is CC(=O)c1cc(-c2ccc(C3=CC=C(CCCO)CC3)s2)nc(/C=C\N)c1C. The number of pyridine rings is 1. The van der Waals surface area contributed by atoms with Crippen molar-refractivity contribution in [2.24, 2.45) is 5.73 Å². The van der Waals surface area contributed by atoms with Crippen molar-refractivity contribution < 1.29 is 9.90 Å². The number of thiophene rings is 1. The Morgan fingerprint density at radius 1 is 1.29 bits per heavy atom. The van der Waals surface area contributed by atoms with E-state index < -0.39 is 0 Å². The summed E-state index contributed by atoms with van der Waals surface area (Å²) < 4.78 is 0. The van der Waals surface area contributed by atoms with Crippen LogP contribution in [0.1, 0.15) is 59.1 Å². The van der Waals surface area contributed by atoms with Crippen LogP contribution in [0, 0.1) is 6.92 Å². The Kier molecular flexibility index (Phi) is 6.60. The molecule has 2 aromatic rings. The molecule has 4 nitrogen and oxygen atoms in total. The highest BCUT2D eigenvalue weighted by molar-refractivity contribution is 7.16. The van der Waals surface area contributed by atoms with Crippen molar-refractivity contribution in [3.05, 3.63) is 63.8 Å². The third-order valence-corrected chi connectivity index (χ3v) is 6.19. The summed E-state index contributed by atoms with van der Waals surface area (Å²) in [6.45, 7) is 3.72. The van der Waals surface area contributed by atoms with Gasteiger partial charge in [0.25, 0.3) is 0 Å². The summed E-state index contributed by atoms with van der Waals surface area (Å²) in [5.41, 5.74) is 11.3. The number of aromatic nitrogens is 1. The van der Waals surface area contributed by atoms with Gasteiger partial charge in [-0.15, -0.1) is 11.3 Å². The van der Waals surface area contributed by atoms with Crippen LogP contribution < -0.4 is 5.73 Å². The molecule has 0 spiro atoms. The van der Waals surface area contributed by atoms with Gasteiger partial charge in [0, 0.05) is 17.0 Å². The number of carbonyl (C=O) groups excluding carboxylic acids is 1. The molecule has 0 radical (unpaired) electrons. The van der Waals surface area contributed by atoms with Gasteiger partial charge < -0.3 is 10.8 Å². The van der Waals surface area contributed by atoms with E-state index in [1.807, 2.05) is 13.0 Å². The Balaban J connectivity index is 1.91. The number of hydrogen-bond acceptors (Lipinski definition) is 5. The fourth-order valence-electron chi connectivity index (χ4n) is 3.42. The molecule has 0 unspecified atom stereocenters. The lowest BCUT2D eigenvalue weighted by Crippen LogP contribution is -2.02. The largest absolute Gasteiger partial charge is 0.405 e. The Labute approximate surface area is 170 Å². The van der Waals surface area contributed by atoms with Crippen molar-refractivity contribution in [3.63, 3.8) is 0 Å². The molecule has 1 aliphatic rings. The van der Waals surface area contributed by atoms with Gasteiger partial charge in [-0.05, 0) is 81.1 Å². The number of Topliss-reactive ketones (excluding diaryl/α,β-unsaturated/α-hetero) is 1. The molecule has 3 rings (SSSR count).